The summed E-state index contributed by atoms with van der Waals surface area (Å²) >= 11 is 0. The van der Waals surface area contributed by atoms with E-state index >= 15 is 0 Å². The Labute approximate surface area is 116 Å². The first kappa shape index (κ1) is 14.5. The van der Waals surface area contributed by atoms with Crippen molar-refractivity contribution in [2.75, 3.05) is 6.61 Å². The van der Waals surface area contributed by atoms with Crippen molar-refractivity contribution < 1.29 is 18.6 Å². The summed E-state index contributed by atoms with van der Waals surface area (Å²) in [4.78, 5) is 0. The number of hydrogen-bond acceptors (Lipinski definition) is 2. The molecule has 4 heteroatoms. The average molecular weight is 278 g/mol. The van der Waals surface area contributed by atoms with Crippen LogP contribution >= 0.6 is 0 Å². The van der Waals surface area contributed by atoms with Crippen molar-refractivity contribution in [3.05, 3.63) is 65.2 Å². The number of halogens is 2. The molecule has 0 saturated heterocycles. The van der Waals surface area contributed by atoms with Gasteiger partial charge in [0.1, 0.15) is 24.0 Å². The molecule has 0 amide bonds. The third kappa shape index (κ3) is 4.31. The number of benzene rings is 2. The Morgan fingerprint density at radius 2 is 1.55 bits per heavy atom. The van der Waals surface area contributed by atoms with E-state index in [9.17, 15) is 8.78 Å². The van der Waals surface area contributed by atoms with Gasteiger partial charge in [0, 0.05) is 12.7 Å². The number of rotatable bonds is 6. The second-order valence-corrected chi connectivity index (χ2v) is 4.54. The first-order chi connectivity index (χ1) is 9.67. The molecule has 0 aromatic heterocycles. The van der Waals surface area contributed by atoms with Crippen LogP contribution in [-0.4, -0.2) is 11.7 Å². The van der Waals surface area contributed by atoms with E-state index in [2.05, 4.69) is 0 Å². The summed E-state index contributed by atoms with van der Waals surface area (Å²) in [5.74, 6) is -0.576. The van der Waals surface area contributed by atoms with Gasteiger partial charge in [-0.15, -0.1) is 0 Å². The molecule has 2 nitrogen and oxygen atoms in total. The molecule has 0 aliphatic rings. The molecule has 0 spiro atoms. The minimum Gasteiger partial charge on any atom is -0.489 e. The molecule has 0 atom stereocenters. The summed E-state index contributed by atoms with van der Waals surface area (Å²) in [5.41, 5.74) is 1.56. The van der Waals surface area contributed by atoms with E-state index in [4.69, 9.17) is 9.84 Å². The predicted molar refractivity (Wildman–Crippen MR) is 72.5 cm³/mol. The molecule has 0 saturated carbocycles. The SMILES string of the molecule is OCCCc1ccc(OCc2cc(F)cc(F)c2)cc1. The molecule has 2 rings (SSSR count). The van der Waals surface area contributed by atoms with Gasteiger partial charge in [-0.05, 0) is 48.2 Å². The smallest absolute Gasteiger partial charge is 0.126 e. The molecule has 0 aliphatic carbocycles. The van der Waals surface area contributed by atoms with Crippen molar-refractivity contribution in [2.24, 2.45) is 0 Å². The average Bonchev–Trinajstić information content (AvgIpc) is 2.43. The molecule has 0 bridgehead atoms. The third-order valence-electron chi connectivity index (χ3n) is 2.87. The summed E-state index contributed by atoms with van der Waals surface area (Å²) in [6.45, 7) is 0.286. The van der Waals surface area contributed by atoms with Crippen LogP contribution in [0.25, 0.3) is 0 Å². The van der Waals surface area contributed by atoms with Crippen LogP contribution in [0.15, 0.2) is 42.5 Å². The minimum atomic E-state index is -0.608. The number of aryl methyl sites for hydroxylation is 1. The summed E-state index contributed by atoms with van der Waals surface area (Å²) < 4.78 is 31.5. The van der Waals surface area contributed by atoms with Crippen LogP contribution in [0.4, 0.5) is 8.78 Å². The maximum atomic E-state index is 13.0. The van der Waals surface area contributed by atoms with Gasteiger partial charge in [0.15, 0.2) is 0 Å². The van der Waals surface area contributed by atoms with Gasteiger partial charge in [0.25, 0.3) is 0 Å². The molecule has 0 unspecified atom stereocenters. The van der Waals surface area contributed by atoms with Crippen LogP contribution < -0.4 is 4.74 Å². The lowest BCUT2D eigenvalue weighted by molar-refractivity contribution is 0.288. The quantitative estimate of drug-likeness (QED) is 0.876. The predicted octanol–water partition coefficient (Wildman–Crippen LogP) is 3.47. The van der Waals surface area contributed by atoms with E-state index in [0.29, 0.717) is 11.3 Å². The largest absolute Gasteiger partial charge is 0.489 e. The summed E-state index contributed by atoms with van der Waals surface area (Å²) in [6, 6.07) is 10.8. The van der Waals surface area contributed by atoms with Crippen molar-refractivity contribution in [2.45, 2.75) is 19.4 Å². The summed E-state index contributed by atoms with van der Waals surface area (Å²) in [7, 11) is 0. The van der Waals surface area contributed by atoms with E-state index in [1.54, 1.807) is 0 Å². The topological polar surface area (TPSA) is 29.5 Å². The van der Waals surface area contributed by atoms with Gasteiger partial charge >= 0.3 is 0 Å². The van der Waals surface area contributed by atoms with Crippen molar-refractivity contribution in [3.63, 3.8) is 0 Å². The highest BCUT2D eigenvalue weighted by Crippen LogP contribution is 2.16. The molecular weight excluding hydrogens is 262 g/mol. The zero-order valence-corrected chi connectivity index (χ0v) is 11.0. The number of aliphatic hydroxyl groups is 1. The zero-order chi connectivity index (χ0) is 14.4. The molecular formula is C16H16F2O2. The van der Waals surface area contributed by atoms with Gasteiger partial charge in [-0.2, -0.15) is 0 Å². The first-order valence-corrected chi connectivity index (χ1v) is 6.45. The van der Waals surface area contributed by atoms with Gasteiger partial charge in [0.05, 0.1) is 0 Å². The van der Waals surface area contributed by atoms with Crippen molar-refractivity contribution >= 4 is 0 Å². The maximum Gasteiger partial charge on any atom is 0.126 e. The highest BCUT2D eigenvalue weighted by Gasteiger charge is 2.02. The van der Waals surface area contributed by atoms with Crippen molar-refractivity contribution in [1.82, 2.24) is 0 Å². The van der Waals surface area contributed by atoms with Crippen LogP contribution in [0.2, 0.25) is 0 Å². The van der Waals surface area contributed by atoms with Crippen LogP contribution in [0.5, 0.6) is 5.75 Å². The molecule has 0 heterocycles. The van der Waals surface area contributed by atoms with Crippen molar-refractivity contribution in [1.29, 1.82) is 0 Å². The second-order valence-electron chi connectivity index (χ2n) is 4.54. The number of ether oxygens (including phenoxy) is 1. The Morgan fingerprint density at radius 3 is 2.15 bits per heavy atom. The van der Waals surface area contributed by atoms with Gasteiger partial charge in [-0.1, -0.05) is 12.1 Å². The Hall–Kier alpha value is -1.94. The van der Waals surface area contributed by atoms with E-state index < -0.39 is 11.6 Å². The van der Waals surface area contributed by atoms with Crippen molar-refractivity contribution in [3.8, 4) is 5.75 Å². The molecule has 2 aromatic rings. The number of aliphatic hydroxyl groups excluding tert-OH is 1. The van der Waals surface area contributed by atoms with Crippen LogP contribution in [0.1, 0.15) is 17.5 Å². The highest BCUT2D eigenvalue weighted by molar-refractivity contribution is 5.28. The van der Waals surface area contributed by atoms with Crippen LogP contribution in [-0.2, 0) is 13.0 Å². The fraction of sp³-hybridized carbons (Fsp3) is 0.250. The molecule has 0 aliphatic heterocycles. The van der Waals surface area contributed by atoms with E-state index in [-0.39, 0.29) is 13.2 Å². The van der Waals surface area contributed by atoms with Gasteiger partial charge in [-0.25, -0.2) is 8.78 Å². The van der Waals surface area contributed by atoms with E-state index in [0.717, 1.165) is 24.5 Å². The van der Waals surface area contributed by atoms with E-state index in [1.807, 2.05) is 24.3 Å². The molecule has 2 aromatic carbocycles. The Morgan fingerprint density at radius 1 is 0.900 bits per heavy atom. The lowest BCUT2D eigenvalue weighted by Gasteiger charge is -2.07. The second kappa shape index (κ2) is 7.01. The van der Waals surface area contributed by atoms with Gasteiger partial charge < -0.3 is 9.84 Å². The third-order valence-corrected chi connectivity index (χ3v) is 2.87. The molecule has 20 heavy (non-hydrogen) atoms. The summed E-state index contributed by atoms with van der Waals surface area (Å²) in [6.07, 6.45) is 1.54. The Kier molecular flexibility index (Phi) is 5.07. The highest BCUT2D eigenvalue weighted by atomic mass is 19.1. The lowest BCUT2D eigenvalue weighted by atomic mass is 10.1. The summed E-state index contributed by atoms with van der Waals surface area (Å²) in [5, 5.41) is 8.75. The Balaban J connectivity index is 1.93. The standard InChI is InChI=1S/C16H16F2O2/c17-14-8-13(9-15(18)10-14)11-20-16-5-3-12(4-6-16)2-1-7-19/h3-6,8-10,19H,1-2,7,11H2. The fourth-order valence-corrected chi connectivity index (χ4v) is 1.90. The normalized spacial score (nSPS) is 10.6. The molecule has 1 N–H and O–H groups in total. The molecule has 0 fully saturated rings. The number of hydrogen-bond donors (Lipinski definition) is 1. The Bertz CT molecular complexity index is 533. The minimum absolute atomic E-state index is 0.116. The lowest BCUT2D eigenvalue weighted by Crippen LogP contribution is -1.97. The monoisotopic (exact) mass is 278 g/mol. The zero-order valence-electron chi connectivity index (χ0n) is 11.0. The maximum absolute atomic E-state index is 13.0. The molecule has 106 valence electrons. The molecule has 0 radical (unpaired) electrons. The van der Waals surface area contributed by atoms with E-state index in [1.165, 1.54) is 12.1 Å². The van der Waals surface area contributed by atoms with Gasteiger partial charge in [0.2, 0.25) is 0 Å². The van der Waals surface area contributed by atoms with Crippen LogP contribution in [0.3, 0.4) is 0 Å². The fourth-order valence-electron chi connectivity index (χ4n) is 1.90. The van der Waals surface area contributed by atoms with Crippen LogP contribution in [0, 0.1) is 11.6 Å². The van der Waals surface area contributed by atoms with Gasteiger partial charge in [-0.3, -0.25) is 0 Å². The first-order valence-electron chi connectivity index (χ1n) is 6.45.